The van der Waals surface area contributed by atoms with E-state index < -0.39 is 6.04 Å². The number of hydrogen-bond acceptors (Lipinski definition) is 8. The third-order valence-electron chi connectivity index (χ3n) is 6.21. The molecule has 0 fully saturated rings. The predicted molar refractivity (Wildman–Crippen MR) is 150 cm³/mol. The fraction of sp³-hybridized carbons (Fsp3) is 0.414. The number of thioether (sulfide) groups is 1. The van der Waals surface area contributed by atoms with E-state index in [4.69, 9.17) is 19.3 Å². The van der Waals surface area contributed by atoms with E-state index in [1.807, 2.05) is 43.3 Å². The van der Waals surface area contributed by atoms with Crippen molar-refractivity contribution in [3.8, 4) is 11.5 Å². The van der Waals surface area contributed by atoms with Gasteiger partial charge in [0.2, 0.25) is 11.1 Å². The van der Waals surface area contributed by atoms with Gasteiger partial charge >= 0.3 is 5.97 Å². The van der Waals surface area contributed by atoms with Gasteiger partial charge in [0.05, 0.1) is 25.9 Å². The minimum absolute atomic E-state index is 0.362. The average Bonchev–Trinajstić information content (AvgIpc) is 3.34. The Labute approximate surface area is 228 Å². The molecule has 0 bridgehead atoms. The number of methoxy groups -OCH3 is 1. The third kappa shape index (κ3) is 6.51. The molecule has 0 aliphatic carbocycles. The molecule has 1 unspecified atom stereocenters. The number of hydrogen-bond donors (Lipinski definition) is 1. The van der Waals surface area contributed by atoms with Gasteiger partial charge in [-0.15, -0.1) is 5.10 Å². The molecule has 0 spiro atoms. The van der Waals surface area contributed by atoms with Crippen LogP contribution >= 0.6 is 11.8 Å². The Hall–Kier alpha value is -3.46. The van der Waals surface area contributed by atoms with Crippen LogP contribution in [0.25, 0.3) is 0 Å². The number of carbonyl (C=O) groups is 1. The van der Waals surface area contributed by atoms with Crippen LogP contribution in [0.15, 0.2) is 65.0 Å². The highest BCUT2D eigenvalue weighted by molar-refractivity contribution is 7.99. The highest BCUT2D eigenvalue weighted by atomic mass is 32.2. The summed E-state index contributed by atoms with van der Waals surface area (Å²) in [5.41, 5.74) is 3.25. The second kappa shape index (κ2) is 13.4. The van der Waals surface area contributed by atoms with E-state index in [1.54, 1.807) is 23.6 Å². The molecule has 1 N–H and O–H groups in total. The molecule has 0 saturated heterocycles. The predicted octanol–water partition coefficient (Wildman–Crippen LogP) is 6.04. The number of carbonyl (C=O) groups excluding carboxylic acids is 1. The number of anilines is 1. The Kier molecular flexibility index (Phi) is 9.70. The van der Waals surface area contributed by atoms with Crippen LogP contribution in [0.4, 0.5) is 5.95 Å². The molecular weight excluding hydrogens is 500 g/mol. The normalized spacial score (nSPS) is 14.6. The topological polar surface area (TPSA) is 87.5 Å². The number of unbranched alkanes of at least 4 members (excludes halogenated alkanes) is 1. The van der Waals surface area contributed by atoms with Crippen molar-refractivity contribution < 1.29 is 19.0 Å². The van der Waals surface area contributed by atoms with Crippen LogP contribution in [0.3, 0.4) is 0 Å². The number of rotatable bonds is 13. The molecule has 202 valence electrons. The third-order valence-corrected chi connectivity index (χ3v) is 7.26. The molecule has 1 aliphatic heterocycles. The van der Waals surface area contributed by atoms with E-state index >= 15 is 0 Å². The summed E-state index contributed by atoms with van der Waals surface area (Å²) in [7, 11) is 1.62. The first-order valence-electron chi connectivity index (χ1n) is 13.1. The van der Waals surface area contributed by atoms with Crippen LogP contribution in [0.1, 0.15) is 57.2 Å². The minimum atomic E-state index is -0.517. The monoisotopic (exact) mass is 536 g/mol. The van der Waals surface area contributed by atoms with E-state index in [-0.39, 0.29) is 5.97 Å². The smallest absolute Gasteiger partial charge is 0.338 e. The molecule has 9 heteroatoms. The van der Waals surface area contributed by atoms with Gasteiger partial charge in [-0.2, -0.15) is 4.98 Å². The zero-order chi connectivity index (χ0) is 26.9. The van der Waals surface area contributed by atoms with E-state index in [0.29, 0.717) is 47.1 Å². The molecule has 2 heterocycles. The minimum Gasteiger partial charge on any atom is -0.493 e. The van der Waals surface area contributed by atoms with Gasteiger partial charge < -0.3 is 19.5 Å². The number of esters is 1. The van der Waals surface area contributed by atoms with Crippen molar-refractivity contribution in [3.05, 3.63) is 70.9 Å². The molecule has 4 rings (SSSR count). The number of benzene rings is 2. The van der Waals surface area contributed by atoms with Gasteiger partial charge in [-0.1, -0.05) is 68.4 Å². The molecule has 0 saturated carbocycles. The lowest BCUT2D eigenvalue weighted by atomic mass is 9.95. The highest BCUT2D eigenvalue weighted by Crippen LogP contribution is 2.40. The summed E-state index contributed by atoms with van der Waals surface area (Å²) in [6.45, 7) is 6.95. The highest BCUT2D eigenvalue weighted by Gasteiger charge is 2.35. The Morgan fingerprint density at radius 1 is 1.08 bits per heavy atom. The molecule has 0 radical (unpaired) electrons. The number of fused-ring (bicyclic) bond motifs is 1. The number of aromatic nitrogens is 3. The van der Waals surface area contributed by atoms with Crippen LogP contribution in [0, 0.1) is 0 Å². The SMILES string of the molecule is CCCCOC(=O)C1=C(C)Nc2nc(SCCC)nn2C1c1ccc(OCCc2ccccc2)c(OC)c1. The summed E-state index contributed by atoms with van der Waals surface area (Å²) in [5, 5.41) is 8.69. The Balaban J connectivity index is 1.64. The van der Waals surface area contributed by atoms with E-state index in [2.05, 4.69) is 36.3 Å². The van der Waals surface area contributed by atoms with Crippen molar-refractivity contribution in [2.24, 2.45) is 0 Å². The maximum Gasteiger partial charge on any atom is 0.338 e. The molecule has 8 nitrogen and oxygen atoms in total. The standard InChI is InChI=1S/C29H36N4O4S/c1-5-7-16-37-27(34)25-20(3)30-28-31-29(38-18-6-2)32-33(28)26(25)22-13-14-23(24(19-22)35-4)36-17-15-21-11-9-8-10-12-21/h8-14,19,26H,5-7,15-18H2,1-4H3,(H,30,31,32). The van der Waals surface area contributed by atoms with Crippen molar-refractivity contribution in [3.63, 3.8) is 0 Å². The first-order valence-corrected chi connectivity index (χ1v) is 14.1. The van der Waals surface area contributed by atoms with Crippen LogP contribution in [0.2, 0.25) is 0 Å². The lowest BCUT2D eigenvalue weighted by Gasteiger charge is -2.28. The average molecular weight is 537 g/mol. The number of nitrogens with one attached hydrogen (secondary N) is 1. The van der Waals surface area contributed by atoms with Gasteiger partial charge in [-0.05, 0) is 43.0 Å². The van der Waals surface area contributed by atoms with Crippen LogP contribution in [-0.4, -0.2) is 46.8 Å². The molecule has 1 atom stereocenters. The maximum atomic E-state index is 13.3. The van der Waals surface area contributed by atoms with E-state index in [0.717, 1.165) is 37.0 Å². The Morgan fingerprint density at radius 3 is 2.63 bits per heavy atom. The summed E-state index contributed by atoms with van der Waals surface area (Å²) in [6, 6.07) is 15.4. The van der Waals surface area contributed by atoms with Crippen molar-refractivity contribution in [1.29, 1.82) is 0 Å². The summed E-state index contributed by atoms with van der Waals surface area (Å²) in [6.07, 6.45) is 3.56. The fourth-order valence-corrected chi connectivity index (χ4v) is 4.93. The summed E-state index contributed by atoms with van der Waals surface area (Å²) in [5.74, 6) is 2.38. The first kappa shape index (κ1) is 27.6. The van der Waals surface area contributed by atoms with Crippen molar-refractivity contribution >= 4 is 23.7 Å². The molecular formula is C29H36N4O4S. The first-order chi connectivity index (χ1) is 18.5. The van der Waals surface area contributed by atoms with Crippen LogP contribution in [-0.2, 0) is 16.0 Å². The number of nitrogens with zero attached hydrogens (tertiary/aromatic N) is 3. The molecule has 1 aromatic heterocycles. The zero-order valence-electron chi connectivity index (χ0n) is 22.5. The van der Waals surface area contributed by atoms with E-state index in [9.17, 15) is 4.79 Å². The zero-order valence-corrected chi connectivity index (χ0v) is 23.3. The fourth-order valence-electron chi connectivity index (χ4n) is 4.24. The van der Waals surface area contributed by atoms with Crippen molar-refractivity contribution in [2.75, 3.05) is 31.4 Å². The second-order valence-corrected chi connectivity index (χ2v) is 10.1. The largest absolute Gasteiger partial charge is 0.493 e. The Bertz CT molecular complexity index is 1260. The van der Waals surface area contributed by atoms with Gasteiger partial charge in [-0.3, -0.25) is 0 Å². The van der Waals surface area contributed by atoms with Gasteiger partial charge in [0.1, 0.15) is 6.04 Å². The molecule has 0 amide bonds. The Morgan fingerprint density at radius 2 is 1.89 bits per heavy atom. The summed E-state index contributed by atoms with van der Waals surface area (Å²) >= 11 is 1.59. The van der Waals surface area contributed by atoms with Crippen molar-refractivity contribution in [2.45, 2.75) is 57.7 Å². The summed E-state index contributed by atoms with van der Waals surface area (Å²) < 4.78 is 19.2. The number of ether oxygens (including phenoxy) is 3. The van der Waals surface area contributed by atoms with E-state index in [1.165, 1.54) is 5.56 Å². The van der Waals surface area contributed by atoms with Gasteiger partial charge in [0, 0.05) is 17.9 Å². The van der Waals surface area contributed by atoms with Gasteiger partial charge in [0.25, 0.3) is 0 Å². The molecule has 2 aromatic carbocycles. The van der Waals surface area contributed by atoms with Gasteiger partial charge in [-0.25, -0.2) is 9.48 Å². The molecule has 3 aromatic rings. The lowest BCUT2D eigenvalue weighted by molar-refractivity contribution is -0.139. The van der Waals surface area contributed by atoms with Crippen LogP contribution in [0.5, 0.6) is 11.5 Å². The quantitative estimate of drug-likeness (QED) is 0.161. The molecule has 1 aliphatic rings. The lowest BCUT2D eigenvalue weighted by Crippen LogP contribution is -2.29. The molecule has 38 heavy (non-hydrogen) atoms. The van der Waals surface area contributed by atoms with Gasteiger partial charge in [0.15, 0.2) is 11.5 Å². The maximum absolute atomic E-state index is 13.3. The second-order valence-electron chi connectivity index (χ2n) is 9.06. The van der Waals surface area contributed by atoms with Crippen LogP contribution < -0.4 is 14.8 Å². The number of allylic oxidation sites excluding steroid dienone is 1. The van der Waals surface area contributed by atoms with Crippen molar-refractivity contribution in [1.82, 2.24) is 14.8 Å². The summed E-state index contributed by atoms with van der Waals surface area (Å²) in [4.78, 5) is 18.0.